The van der Waals surface area contributed by atoms with Crippen molar-refractivity contribution < 1.29 is 9.53 Å². The number of benzene rings is 2. The maximum absolute atomic E-state index is 12.2. The van der Waals surface area contributed by atoms with Crippen molar-refractivity contribution in [3.63, 3.8) is 0 Å². The number of para-hydroxylation sites is 1. The largest absolute Gasteiger partial charge is 0.495 e. The van der Waals surface area contributed by atoms with Crippen LogP contribution in [0.2, 0.25) is 10.0 Å². The molecule has 0 aromatic heterocycles. The lowest BCUT2D eigenvalue weighted by atomic mass is 10.0. The Morgan fingerprint density at radius 2 is 1.92 bits per heavy atom. The first-order chi connectivity index (χ1) is 11.4. The molecule has 0 aliphatic heterocycles. The van der Waals surface area contributed by atoms with Gasteiger partial charge in [-0.1, -0.05) is 55.2 Å². The van der Waals surface area contributed by atoms with Crippen LogP contribution in [0.3, 0.4) is 0 Å². The van der Waals surface area contributed by atoms with E-state index >= 15 is 0 Å². The van der Waals surface area contributed by atoms with Crippen LogP contribution >= 0.6 is 23.2 Å². The molecule has 0 atom stereocenters. The van der Waals surface area contributed by atoms with Gasteiger partial charge in [0.25, 0.3) is 0 Å². The fourth-order valence-corrected chi connectivity index (χ4v) is 2.96. The van der Waals surface area contributed by atoms with Gasteiger partial charge < -0.3 is 10.1 Å². The lowest BCUT2D eigenvalue weighted by Gasteiger charge is -2.12. The monoisotopic (exact) mass is 363 g/mol. The van der Waals surface area contributed by atoms with Gasteiger partial charge in [-0.25, -0.2) is 0 Å². The summed E-state index contributed by atoms with van der Waals surface area (Å²) in [4.78, 5) is 12.2. The highest BCUT2D eigenvalue weighted by Crippen LogP contribution is 2.33. The number of methoxy groups -OCH3 is 1. The van der Waals surface area contributed by atoms with Crippen molar-refractivity contribution in [3.05, 3.63) is 63.6 Å². The highest BCUT2D eigenvalue weighted by atomic mass is 35.5. The van der Waals surface area contributed by atoms with E-state index in [4.69, 9.17) is 27.9 Å². The number of rotatable bonds is 5. The van der Waals surface area contributed by atoms with Gasteiger partial charge in [0.05, 0.1) is 12.1 Å². The molecule has 126 valence electrons. The zero-order valence-electron chi connectivity index (χ0n) is 13.8. The average molecular weight is 364 g/mol. The molecule has 2 aromatic carbocycles. The summed E-state index contributed by atoms with van der Waals surface area (Å²) in [7, 11) is 1.52. The molecule has 0 spiro atoms. The van der Waals surface area contributed by atoms with Gasteiger partial charge in [-0.2, -0.15) is 0 Å². The Morgan fingerprint density at radius 1 is 1.21 bits per heavy atom. The van der Waals surface area contributed by atoms with Crippen molar-refractivity contribution in [1.82, 2.24) is 0 Å². The van der Waals surface area contributed by atoms with Crippen molar-refractivity contribution in [2.24, 2.45) is 0 Å². The van der Waals surface area contributed by atoms with E-state index in [0.717, 1.165) is 11.3 Å². The van der Waals surface area contributed by atoms with Crippen LogP contribution in [-0.4, -0.2) is 13.0 Å². The van der Waals surface area contributed by atoms with E-state index in [0.29, 0.717) is 27.3 Å². The van der Waals surface area contributed by atoms with Crippen molar-refractivity contribution >= 4 is 40.9 Å². The first kappa shape index (κ1) is 18.4. The van der Waals surface area contributed by atoms with E-state index in [1.165, 1.54) is 13.2 Å². The Bertz CT molecular complexity index is 770. The molecule has 0 unspecified atom stereocenters. The van der Waals surface area contributed by atoms with Crippen LogP contribution in [-0.2, 0) is 4.79 Å². The highest BCUT2D eigenvalue weighted by molar-refractivity contribution is 6.36. The van der Waals surface area contributed by atoms with Crippen LogP contribution in [0, 0.1) is 0 Å². The molecule has 2 aromatic rings. The molecule has 0 fully saturated rings. The fraction of sp³-hybridized carbons (Fsp3) is 0.211. The minimum absolute atomic E-state index is 0.235. The predicted octanol–water partition coefficient (Wildman–Crippen LogP) is 5.78. The summed E-state index contributed by atoms with van der Waals surface area (Å²) < 4.78 is 5.26. The van der Waals surface area contributed by atoms with Gasteiger partial charge in [-0.3, -0.25) is 4.79 Å². The second-order valence-electron chi connectivity index (χ2n) is 5.57. The number of nitrogens with one attached hydrogen (secondary N) is 1. The smallest absolute Gasteiger partial charge is 0.248 e. The molecule has 5 heteroatoms. The Kier molecular flexibility index (Phi) is 6.29. The second-order valence-corrected chi connectivity index (χ2v) is 6.42. The molecule has 0 aliphatic carbocycles. The van der Waals surface area contributed by atoms with E-state index in [-0.39, 0.29) is 5.91 Å². The lowest BCUT2D eigenvalue weighted by Crippen LogP contribution is -2.10. The fourth-order valence-electron chi connectivity index (χ4n) is 2.37. The topological polar surface area (TPSA) is 38.3 Å². The quantitative estimate of drug-likeness (QED) is 0.683. The number of hydrogen-bond donors (Lipinski definition) is 1. The number of amides is 1. The standard InChI is InChI=1S/C19H19Cl2NO2/c1-12(2)15-6-4-5-7-17(15)22-18(23)9-8-13-10-14(20)11-16(21)19(13)24-3/h4-12H,1-3H3,(H,22,23)/b9-8+. The molecule has 1 N–H and O–H groups in total. The molecule has 0 bridgehead atoms. The molecule has 0 radical (unpaired) electrons. The summed E-state index contributed by atoms with van der Waals surface area (Å²) in [5, 5.41) is 3.77. The van der Waals surface area contributed by atoms with Crippen molar-refractivity contribution in [3.8, 4) is 5.75 Å². The molecule has 3 nitrogen and oxygen atoms in total. The van der Waals surface area contributed by atoms with Gasteiger partial charge in [0.2, 0.25) is 5.91 Å². The van der Waals surface area contributed by atoms with Gasteiger partial charge in [0.15, 0.2) is 0 Å². The number of ether oxygens (including phenoxy) is 1. The first-order valence-electron chi connectivity index (χ1n) is 7.53. The predicted molar refractivity (Wildman–Crippen MR) is 101 cm³/mol. The molecule has 24 heavy (non-hydrogen) atoms. The Balaban J connectivity index is 2.21. The minimum Gasteiger partial charge on any atom is -0.495 e. The van der Waals surface area contributed by atoms with E-state index in [1.54, 1.807) is 18.2 Å². The van der Waals surface area contributed by atoms with Crippen LogP contribution in [0.15, 0.2) is 42.5 Å². The Labute approximate surface area is 152 Å². The van der Waals surface area contributed by atoms with Crippen LogP contribution in [0.4, 0.5) is 5.69 Å². The summed E-state index contributed by atoms with van der Waals surface area (Å²) >= 11 is 12.1. The van der Waals surface area contributed by atoms with E-state index in [1.807, 2.05) is 24.3 Å². The van der Waals surface area contributed by atoms with Crippen LogP contribution in [0.1, 0.15) is 30.9 Å². The van der Waals surface area contributed by atoms with Gasteiger partial charge in [-0.15, -0.1) is 0 Å². The van der Waals surface area contributed by atoms with Gasteiger partial charge in [-0.05, 0) is 35.8 Å². The summed E-state index contributed by atoms with van der Waals surface area (Å²) in [6.45, 7) is 4.17. The molecule has 0 saturated carbocycles. The van der Waals surface area contributed by atoms with Crippen molar-refractivity contribution in [2.45, 2.75) is 19.8 Å². The van der Waals surface area contributed by atoms with Gasteiger partial charge >= 0.3 is 0 Å². The number of carbonyl (C=O) groups is 1. The van der Waals surface area contributed by atoms with Crippen LogP contribution in [0.25, 0.3) is 6.08 Å². The van der Waals surface area contributed by atoms with E-state index in [9.17, 15) is 4.79 Å². The second kappa shape index (κ2) is 8.22. The minimum atomic E-state index is -0.235. The van der Waals surface area contributed by atoms with Crippen molar-refractivity contribution in [1.29, 1.82) is 0 Å². The van der Waals surface area contributed by atoms with Crippen LogP contribution < -0.4 is 10.1 Å². The third-order valence-electron chi connectivity index (χ3n) is 3.50. The lowest BCUT2D eigenvalue weighted by molar-refractivity contribution is -0.111. The maximum atomic E-state index is 12.2. The third kappa shape index (κ3) is 4.53. The van der Waals surface area contributed by atoms with Crippen molar-refractivity contribution in [2.75, 3.05) is 12.4 Å². The number of anilines is 1. The van der Waals surface area contributed by atoms with Gasteiger partial charge in [0, 0.05) is 22.3 Å². The molecule has 0 aliphatic rings. The van der Waals surface area contributed by atoms with E-state index in [2.05, 4.69) is 19.2 Å². The summed E-state index contributed by atoms with van der Waals surface area (Å²) in [6.07, 6.45) is 3.06. The molecule has 0 heterocycles. The van der Waals surface area contributed by atoms with E-state index < -0.39 is 0 Å². The summed E-state index contributed by atoms with van der Waals surface area (Å²) in [6, 6.07) is 11.0. The highest BCUT2D eigenvalue weighted by Gasteiger charge is 2.09. The molecule has 2 rings (SSSR count). The molecule has 1 amide bonds. The zero-order valence-corrected chi connectivity index (χ0v) is 15.3. The van der Waals surface area contributed by atoms with Crippen LogP contribution in [0.5, 0.6) is 5.75 Å². The SMILES string of the molecule is COc1c(Cl)cc(Cl)cc1/C=C/C(=O)Nc1ccccc1C(C)C. The average Bonchev–Trinajstić information content (AvgIpc) is 2.52. The Hall–Kier alpha value is -1.97. The molecular formula is C19H19Cl2NO2. The third-order valence-corrected chi connectivity index (χ3v) is 4.00. The summed E-state index contributed by atoms with van der Waals surface area (Å²) in [5.74, 6) is 0.561. The number of halogens is 2. The van der Waals surface area contributed by atoms with Gasteiger partial charge in [0.1, 0.15) is 5.75 Å². The molecular weight excluding hydrogens is 345 g/mol. The molecule has 0 saturated heterocycles. The summed E-state index contributed by atoms with van der Waals surface area (Å²) in [5.41, 5.74) is 2.53. The maximum Gasteiger partial charge on any atom is 0.248 e. The zero-order chi connectivity index (χ0) is 17.7. The first-order valence-corrected chi connectivity index (χ1v) is 8.29. The number of carbonyl (C=O) groups excluding carboxylic acids is 1. The normalized spacial score (nSPS) is 11.1. The Morgan fingerprint density at radius 3 is 2.58 bits per heavy atom. The number of hydrogen-bond acceptors (Lipinski definition) is 2.